The van der Waals surface area contributed by atoms with Crippen LogP contribution < -0.4 is 14.8 Å². The standard InChI is InChI=1S/C22H24ClF3N2O3/c1-30-19-6-2-15(3-7-19)14-28-10-8-16(9-11-28)21(29)27-13-17-4-5-18(23)12-20(17)31-22(24,25)26/h2-7,12,16H,8-11,13-14H2,1H3,(H,27,29). The number of hydrogen-bond acceptors (Lipinski definition) is 4. The molecular weight excluding hydrogens is 433 g/mol. The SMILES string of the molecule is COc1ccc(CN2CCC(C(=O)NCc3ccc(Cl)cc3OC(F)(F)F)CC2)cc1. The molecule has 0 aliphatic carbocycles. The number of carbonyl (C=O) groups excluding carboxylic acids is 1. The molecule has 0 radical (unpaired) electrons. The number of nitrogens with one attached hydrogen (secondary N) is 1. The average molecular weight is 457 g/mol. The molecule has 0 saturated carbocycles. The van der Waals surface area contributed by atoms with E-state index in [1.807, 2.05) is 24.3 Å². The number of carbonyl (C=O) groups is 1. The summed E-state index contributed by atoms with van der Waals surface area (Å²) in [5, 5.41) is 2.85. The van der Waals surface area contributed by atoms with Gasteiger partial charge in [-0.05, 0) is 55.8 Å². The van der Waals surface area contributed by atoms with Crippen molar-refractivity contribution in [3.8, 4) is 11.5 Å². The second kappa shape index (κ2) is 10.2. The first-order chi connectivity index (χ1) is 14.7. The smallest absolute Gasteiger partial charge is 0.497 e. The third kappa shape index (κ3) is 7.04. The van der Waals surface area contributed by atoms with Crippen LogP contribution in [-0.4, -0.2) is 37.4 Å². The number of piperidine rings is 1. The van der Waals surface area contributed by atoms with E-state index >= 15 is 0 Å². The quantitative estimate of drug-likeness (QED) is 0.651. The molecule has 0 spiro atoms. The summed E-state index contributed by atoms with van der Waals surface area (Å²) in [7, 11) is 1.63. The van der Waals surface area contributed by atoms with Crippen LogP contribution in [0.1, 0.15) is 24.0 Å². The Morgan fingerprint density at radius 1 is 1.16 bits per heavy atom. The highest BCUT2D eigenvalue weighted by atomic mass is 35.5. The van der Waals surface area contributed by atoms with Crippen LogP contribution in [0, 0.1) is 5.92 Å². The summed E-state index contributed by atoms with van der Waals surface area (Å²) < 4.78 is 47.0. The molecule has 1 saturated heterocycles. The number of rotatable bonds is 7. The fourth-order valence-electron chi connectivity index (χ4n) is 3.56. The number of alkyl halides is 3. The van der Waals surface area contributed by atoms with Crippen molar-refractivity contribution in [1.29, 1.82) is 0 Å². The van der Waals surface area contributed by atoms with Crippen molar-refractivity contribution < 1.29 is 27.4 Å². The summed E-state index contributed by atoms with van der Waals surface area (Å²) in [5.74, 6) is 0.0571. The summed E-state index contributed by atoms with van der Waals surface area (Å²) in [6.07, 6.45) is -3.46. The normalized spacial score (nSPS) is 15.5. The molecule has 1 aliphatic heterocycles. The van der Waals surface area contributed by atoms with E-state index < -0.39 is 12.1 Å². The number of hydrogen-bond donors (Lipinski definition) is 1. The number of amides is 1. The Hall–Kier alpha value is -2.45. The van der Waals surface area contributed by atoms with E-state index in [1.165, 1.54) is 17.7 Å². The Morgan fingerprint density at radius 2 is 1.84 bits per heavy atom. The van der Waals surface area contributed by atoms with Gasteiger partial charge in [0.05, 0.1) is 7.11 Å². The molecule has 0 atom stereocenters. The largest absolute Gasteiger partial charge is 0.573 e. The molecular formula is C22H24ClF3N2O3. The van der Waals surface area contributed by atoms with Crippen LogP contribution in [0.15, 0.2) is 42.5 Å². The topological polar surface area (TPSA) is 50.8 Å². The first-order valence-corrected chi connectivity index (χ1v) is 10.3. The highest BCUT2D eigenvalue weighted by Gasteiger charge is 2.32. The molecule has 3 rings (SSSR count). The van der Waals surface area contributed by atoms with Crippen LogP contribution in [0.2, 0.25) is 5.02 Å². The van der Waals surface area contributed by atoms with Crippen LogP contribution in [0.4, 0.5) is 13.2 Å². The maximum Gasteiger partial charge on any atom is 0.573 e. The number of nitrogens with zero attached hydrogens (tertiary/aromatic N) is 1. The van der Waals surface area contributed by atoms with Crippen molar-refractivity contribution in [1.82, 2.24) is 10.2 Å². The summed E-state index contributed by atoms with van der Waals surface area (Å²) >= 11 is 5.77. The van der Waals surface area contributed by atoms with Crippen molar-refractivity contribution >= 4 is 17.5 Å². The molecule has 1 N–H and O–H groups in total. The summed E-state index contributed by atoms with van der Waals surface area (Å²) in [4.78, 5) is 14.8. The van der Waals surface area contributed by atoms with Gasteiger partial charge in [-0.25, -0.2) is 0 Å². The molecule has 0 unspecified atom stereocenters. The Morgan fingerprint density at radius 3 is 2.45 bits per heavy atom. The molecule has 2 aromatic carbocycles. The van der Waals surface area contributed by atoms with Gasteiger partial charge in [-0.15, -0.1) is 13.2 Å². The molecule has 0 aromatic heterocycles. The molecule has 5 nitrogen and oxygen atoms in total. The second-order valence-corrected chi connectivity index (χ2v) is 7.85. The predicted molar refractivity (Wildman–Crippen MR) is 111 cm³/mol. The number of halogens is 4. The van der Waals surface area contributed by atoms with Gasteiger partial charge in [0.2, 0.25) is 5.91 Å². The van der Waals surface area contributed by atoms with Crippen LogP contribution in [0.3, 0.4) is 0 Å². The van der Waals surface area contributed by atoms with Gasteiger partial charge in [0.25, 0.3) is 0 Å². The molecule has 1 fully saturated rings. The van der Waals surface area contributed by atoms with Crippen LogP contribution in [0.5, 0.6) is 11.5 Å². The Labute approximate surface area is 184 Å². The minimum atomic E-state index is -4.83. The number of ether oxygens (including phenoxy) is 2. The third-order valence-electron chi connectivity index (χ3n) is 5.23. The average Bonchev–Trinajstić information content (AvgIpc) is 2.73. The first kappa shape index (κ1) is 23.2. The second-order valence-electron chi connectivity index (χ2n) is 7.42. The van der Waals surface area contributed by atoms with Gasteiger partial charge in [0, 0.05) is 29.6 Å². The molecule has 1 amide bonds. The van der Waals surface area contributed by atoms with E-state index in [0.717, 1.165) is 31.5 Å². The molecule has 168 valence electrons. The van der Waals surface area contributed by atoms with Gasteiger partial charge in [-0.2, -0.15) is 0 Å². The summed E-state index contributed by atoms with van der Waals surface area (Å²) in [6, 6.07) is 11.8. The van der Waals surface area contributed by atoms with E-state index in [0.29, 0.717) is 12.8 Å². The maximum absolute atomic E-state index is 12.6. The van der Waals surface area contributed by atoms with Crippen LogP contribution in [-0.2, 0) is 17.9 Å². The number of benzene rings is 2. The Kier molecular flexibility index (Phi) is 7.67. The van der Waals surface area contributed by atoms with Gasteiger partial charge in [0.1, 0.15) is 11.5 Å². The Balaban J connectivity index is 1.49. The van der Waals surface area contributed by atoms with Gasteiger partial charge in [0.15, 0.2) is 0 Å². The molecule has 1 heterocycles. The van der Waals surface area contributed by atoms with Crippen LogP contribution in [0.25, 0.3) is 0 Å². The lowest BCUT2D eigenvalue weighted by Crippen LogP contribution is -2.40. The van der Waals surface area contributed by atoms with Gasteiger partial charge in [-0.3, -0.25) is 9.69 Å². The number of likely N-dealkylation sites (tertiary alicyclic amines) is 1. The van der Waals surface area contributed by atoms with Crippen molar-refractivity contribution in [2.24, 2.45) is 5.92 Å². The van der Waals surface area contributed by atoms with Crippen molar-refractivity contribution in [2.75, 3.05) is 20.2 Å². The van der Waals surface area contributed by atoms with E-state index in [4.69, 9.17) is 16.3 Å². The molecule has 31 heavy (non-hydrogen) atoms. The zero-order chi connectivity index (χ0) is 22.4. The lowest BCUT2D eigenvalue weighted by atomic mass is 9.95. The molecule has 9 heteroatoms. The highest BCUT2D eigenvalue weighted by molar-refractivity contribution is 6.30. The fourth-order valence-corrected chi connectivity index (χ4v) is 3.73. The van der Waals surface area contributed by atoms with Gasteiger partial charge in [-0.1, -0.05) is 29.8 Å². The monoisotopic (exact) mass is 456 g/mol. The third-order valence-corrected chi connectivity index (χ3v) is 5.47. The summed E-state index contributed by atoms with van der Waals surface area (Å²) in [6.45, 7) is 2.27. The zero-order valence-corrected chi connectivity index (χ0v) is 17.8. The zero-order valence-electron chi connectivity index (χ0n) is 17.0. The lowest BCUT2D eigenvalue weighted by Gasteiger charge is -2.31. The van der Waals surface area contributed by atoms with E-state index in [2.05, 4.69) is 15.0 Å². The first-order valence-electron chi connectivity index (χ1n) is 9.90. The van der Waals surface area contributed by atoms with Crippen LogP contribution >= 0.6 is 11.6 Å². The van der Waals surface area contributed by atoms with E-state index in [9.17, 15) is 18.0 Å². The maximum atomic E-state index is 12.6. The van der Waals surface area contributed by atoms with Crippen molar-refractivity contribution in [2.45, 2.75) is 32.3 Å². The summed E-state index contributed by atoms with van der Waals surface area (Å²) in [5.41, 5.74) is 1.38. The molecule has 2 aromatic rings. The minimum Gasteiger partial charge on any atom is -0.497 e. The van der Waals surface area contributed by atoms with Gasteiger partial charge >= 0.3 is 6.36 Å². The predicted octanol–water partition coefficient (Wildman–Crippen LogP) is 4.78. The van der Waals surface area contributed by atoms with E-state index in [-0.39, 0.29) is 29.0 Å². The lowest BCUT2D eigenvalue weighted by molar-refractivity contribution is -0.274. The van der Waals surface area contributed by atoms with E-state index in [1.54, 1.807) is 7.11 Å². The van der Waals surface area contributed by atoms with Crippen molar-refractivity contribution in [3.63, 3.8) is 0 Å². The molecule has 1 aliphatic rings. The molecule has 0 bridgehead atoms. The fraction of sp³-hybridized carbons (Fsp3) is 0.409. The Bertz CT molecular complexity index is 883. The van der Waals surface area contributed by atoms with Crippen molar-refractivity contribution in [3.05, 3.63) is 58.6 Å². The minimum absolute atomic E-state index is 0.0620. The highest BCUT2D eigenvalue weighted by Crippen LogP contribution is 2.29. The van der Waals surface area contributed by atoms with Gasteiger partial charge < -0.3 is 14.8 Å². The number of methoxy groups -OCH3 is 1.